The lowest BCUT2D eigenvalue weighted by Gasteiger charge is -2.10. The second-order valence-electron chi connectivity index (χ2n) is 5.91. The van der Waals surface area contributed by atoms with Gasteiger partial charge in [0, 0.05) is 35.3 Å². The van der Waals surface area contributed by atoms with E-state index >= 15 is 0 Å². The van der Waals surface area contributed by atoms with E-state index in [1.165, 1.54) is 0 Å². The highest BCUT2D eigenvalue weighted by molar-refractivity contribution is 6.04. The minimum absolute atomic E-state index is 0.230. The maximum absolute atomic E-state index is 12.6. The van der Waals surface area contributed by atoms with Gasteiger partial charge < -0.3 is 14.8 Å². The number of hydrogen-bond donors (Lipinski definition) is 1. The third-order valence-corrected chi connectivity index (χ3v) is 4.24. The summed E-state index contributed by atoms with van der Waals surface area (Å²) in [5, 5.41) is 11.1. The number of carbonyl (C=O) groups is 1. The summed E-state index contributed by atoms with van der Waals surface area (Å²) in [6.07, 6.45) is 3.50. The standard InChI is InChI=1S/C20H17N5O3/c1-27-16-9-8-15(12-17(16)28-2)22-19(26)14-6-4-13(5-7-14)18-23-24-20-21-10-3-11-25(18)20/h3-12H,1-2H3,(H,22,26). The zero-order valence-corrected chi connectivity index (χ0v) is 15.3. The number of rotatable bonds is 5. The van der Waals surface area contributed by atoms with Crippen LogP contribution in [0.3, 0.4) is 0 Å². The average Bonchev–Trinajstić information content (AvgIpc) is 3.18. The van der Waals surface area contributed by atoms with E-state index in [2.05, 4.69) is 20.5 Å². The summed E-state index contributed by atoms with van der Waals surface area (Å²) in [6, 6.07) is 14.1. The number of fused-ring (bicyclic) bond motifs is 1. The predicted octanol–water partition coefficient (Wildman–Crippen LogP) is 3.06. The summed E-state index contributed by atoms with van der Waals surface area (Å²) in [7, 11) is 3.11. The lowest BCUT2D eigenvalue weighted by Crippen LogP contribution is -2.11. The Hall–Kier alpha value is -3.94. The molecule has 1 amide bonds. The van der Waals surface area contributed by atoms with Crippen LogP contribution in [0.1, 0.15) is 10.4 Å². The lowest BCUT2D eigenvalue weighted by atomic mass is 10.1. The molecule has 0 aliphatic heterocycles. The van der Waals surface area contributed by atoms with Gasteiger partial charge in [-0.3, -0.25) is 9.20 Å². The molecule has 8 nitrogen and oxygen atoms in total. The first-order valence-electron chi connectivity index (χ1n) is 8.49. The molecule has 2 aromatic heterocycles. The number of hydrogen-bond acceptors (Lipinski definition) is 6. The maximum atomic E-state index is 12.6. The van der Waals surface area contributed by atoms with Crippen molar-refractivity contribution >= 4 is 17.4 Å². The van der Waals surface area contributed by atoms with E-state index in [0.29, 0.717) is 34.4 Å². The van der Waals surface area contributed by atoms with Crippen LogP contribution in [0, 0.1) is 0 Å². The second-order valence-corrected chi connectivity index (χ2v) is 5.91. The van der Waals surface area contributed by atoms with E-state index in [1.807, 2.05) is 24.4 Å². The number of nitrogens with one attached hydrogen (secondary N) is 1. The van der Waals surface area contributed by atoms with Crippen molar-refractivity contribution < 1.29 is 14.3 Å². The van der Waals surface area contributed by atoms with Crippen molar-refractivity contribution in [2.24, 2.45) is 0 Å². The Morgan fingerprint density at radius 2 is 1.79 bits per heavy atom. The van der Waals surface area contributed by atoms with Crippen LogP contribution in [0.25, 0.3) is 17.2 Å². The van der Waals surface area contributed by atoms with Crippen molar-refractivity contribution in [3.8, 4) is 22.9 Å². The van der Waals surface area contributed by atoms with Crippen molar-refractivity contribution in [2.75, 3.05) is 19.5 Å². The Kier molecular flexibility index (Phi) is 4.59. The van der Waals surface area contributed by atoms with Crippen molar-refractivity contribution in [1.29, 1.82) is 0 Å². The van der Waals surface area contributed by atoms with Crippen LogP contribution in [0.4, 0.5) is 5.69 Å². The number of amides is 1. The van der Waals surface area contributed by atoms with Gasteiger partial charge >= 0.3 is 0 Å². The van der Waals surface area contributed by atoms with Gasteiger partial charge in [-0.15, -0.1) is 10.2 Å². The molecule has 2 aromatic carbocycles. The molecular weight excluding hydrogens is 358 g/mol. The monoisotopic (exact) mass is 375 g/mol. The SMILES string of the molecule is COc1ccc(NC(=O)c2ccc(-c3nnc4ncccn34)cc2)cc1OC. The van der Waals surface area contributed by atoms with Gasteiger partial charge in [-0.2, -0.15) is 0 Å². The van der Waals surface area contributed by atoms with Crippen molar-refractivity contribution in [3.63, 3.8) is 0 Å². The zero-order chi connectivity index (χ0) is 19.5. The van der Waals surface area contributed by atoms with E-state index in [9.17, 15) is 4.79 Å². The van der Waals surface area contributed by atoms with Crippen LogP contribution in [0.2, 0.25) is 0 Å². The number of methoxy groups -OCH3 is 2. The average molecular weight is 375 g/mol. The highest BCUT2D eigenvalue weighted by atomic mass is 16.5. The highest BCUT2D eigenvalue weighted by Crippen LogP contribution is 2.30. The van der Waals surface area contributed by atoms with Crippen LogP contribution < -0.4 is 14.8 Å². The molecule has 0 bridgehead atoms. The predicted molar refractivity (Wildman–Crippen MR) is 104 cm³/mol. The molecule has 0 aliphatic carbocycles. The summed E-state index contributed by atoms with van der Waals surface area (Å²) in [5.41, 5.74) is 1.97. The largest absolute Gasteiger partial charge is 0.493 e. The van der Waals surface area contributed by atoms with Crippen LogP contribution in [-0.4, -0.2) is 39.7 Å². The van der Waals surface area contributed by atoms with Crippen molar-refractivity contribution in [2.45, 2.75) is 0 Å². The number of nitrogens with zero attached hydrogens (tertiary/aromatic N) is 4. The molecule has 0 spiro atoms. The van der Waals surface area contributed by atoms with Gasteiger partial charge in [0.15, 0.2) is 17.3 Å². The van der Waals surface area contributed by atoms with Crippen LogP contribution in [0.15, 0.2) is 60.9 Å². The topological polar surface area (TPSA) is 90.6 Å². The van der Waals surface area contributed by atoms with Crippen molar-refractivity contribution in [1.82, 2.24) is 19.6 Å². The van der Waals surface area contributed by atoms with Gasteiger partial charge in [-0.1, -0.05) is 12.1 Å². The first-order valence-corrected chi connectivity index (χ1v) is 8.49. The molecule has 1 N–H and O–H groups in total. The van der Waals surface area contributed by atoms with Gasteiger partial charge in [-0.05, 0) is 30.3 Å². The Morgan fingerprint density at radius 1 is 1.00 bits per heavy atom. The first-order chi connectivity index (χ1) is 13.7. The summed E-state index contributed by atoms with van der Waals surface area (Å²) in [4.78, 5) is 16.7. The Bertz CT molecular complexity index is 1140. The van der Waals surface area contributed by atoms with Crippen LogP contribution in [0.5, 0.6) is 11.5 Å². The van der Waals surface area contributed by atoms with E-state index in [1.54, 1.807) is 55.1 Å². The fourth-order valence-electron chi connectivity index (χ4n) is 2.83. The Labute approximate surface area is 160 Å². The molecule has 0 fully saturated rings. The van der Waals surface area contributed by atoms with Gasteiger partial charge in [0.2, 0.25) is 0 Å². The third-order valence-electron chi connectivity index (χ3n) is 4.24. The minimum Gasteiger partial charge on any atom is -0.493 e. The lowest BCUT2D eigenvalue weighted by molar-refractivity contribution is 0.102. The molecular formula is C20H17N5O3. The van der Waals surface area contributed by atoms with Crippen molar-refractivity contribution in [3.05, 3.63) is 66.5 Å². The smallest absolute Gasteiger partial charge is 0.255 e. The number of anilines is 1. The number of carbonyl (C=O) groups excluding carboxylic acids is 1. The number of aromatic nitrogens is 4. The quantitative estimate of drug-likeness (QED) is 0.576. The molecule has 0 atom stereocenters. The number of ether oxygens (including phenoxy) is 2. The molecule has 0 unspecified atom stereocenters. The molecule has 0 aliphatic rings. The maximum Gasteiger partial charge on any atom is 0.255 e. The van der Waals surface area contributed by atoms with Crippen LogP contribution >= 0.6 is 0 Å². The van der Waals surface area contributed by atoms with Gasteiger partial charge in [-0.25, -0.2) is 4.98 Å². The summed E-state index contributed by atoms with van der Waals surface area (Å²) < 4.78 is 12.3. The first kappa shape index (κ1) is 17.5. The molecule has 0 saturated carbocycles. The summed E-state index contributed by atoms with van der Waals surface area (Å²) in [5.74, 6) is 2.09. The molecule has 4 aromatic rings. The zero-order valence-electron chi connectivity index (χ0n) is 15.3. The molecule has 8 heteroatoms. The fraction of sp³-hybridized carbons (Fsp3) is 0.100. The van der Waals surface area contributed by atoms with Gasteiger partial charge in [0.05, 0.1) is 14.2 Å². The molecule has 2 heterocycles. The summed E-state index contributed by atoms with van der Waals surface area (Å²) >= 11 is 0. The van der Waals surface area contributed by atoms with Gasteiger partial charge in [0.25, 0.3) is 11.7 Å². The normalized spacial score (nSPS) is 10.6. The molecule has 28 heavy (non-hydrogen) atoms. The summed E-state index contributed by atoms with van der Waals surface area (Å²) in [6.45, 7) is 0. The Balaban J connectivity index is 1.55. The van der Waals surface area contributed by atoms with E-state index in [4.69, 9.17) is 9.47 Å². The molecule has 140 valence electrons. The van der Waals surface area contributed by atoms with E-state index in [0.717, 1.165) is 5.56 Å². The minimum atomic E-state index is -0.230. The number of benzene rings is 2. The van der Waals surface area contributed by atoms with E-state index < -0.39 is 0 Å². The third kappa shape index (κ3) is 3.23. The van der Waals surface area contributed by atoms with Gasteiger partial charge in [0.1, 0.15) is 0 Å². The molecule has 0 radical (unpaired) electrons. The second kappa shape index (κ2) is 7.36. The van der Waals surface area contributed by atoms with E-state index in [-0.39, 0.29) is 5.91 Å². The molecule has 4 rings (SSSR count). The molecule has 0 saturated heterocycles. The highest BCUT2D eigenvalue weighted by Gasteiger charge is 2.12. The Morgan fingerprint density at radius 3 is 2.54 bits per heavy atom. The van der Waals surface area contributed by atoms with Crippen LogP contribution in [-0.2, 0) is 0 Å². The fourth-order valence-corrected chi connectivity index (χ4v) is 2.83.